The van der Waals surface area contributed by atoms with Gasteiger partial charge in [-0.1, -0.05) is 11.6 Å². The lowest BCUT2D eigenvalue weighted by Crippen LogP contribution is -2.06. The normalized spacial score (nSPS) is 9.57. The fourth-order valence-electron chi connectivity index (χ4n) is 0.909. The number of hydrogen-bond acceptors (Lipinski definition) is 3. The molecule has 0 fully saturated rings. The predicted octanol–water partition coefficient (Wildman–Crippen LogP) is 2.21. The van der Waals surface area contributed by atoms with Gasteiger partial charge in [0.1, 0.15) is 0 Å². The van der Waals surface area contributed by atoms with Crippen molar-refractivity contribution in [1.29, 1.82) is 0 Å². The molecule has 1 aromatic carbocycles. The Morgan fingerprint density at radius 1 is 1.57 bits per heavy atom. The predicted molar refractivity (Wildman–Crippen MR) is 52.4 cm³/mol. The van der Waals surface area contributed by atoms with Gasteiger partial charge in [-0.15, -0.1) is 0 Å². The summed E-state index contributed by atoms with van der Waals surface area (Å²) in [5, 5.41) is 12.9. The Kier molecular flexibility index (Phi) is 3.03. The number of nitro groups is 1. The largest absolute Gasteiger partial charge is 0.325 e. The number of nitrogens with zero attached hydrogens (tertiary/aromatic N) is 1. The smallest absolute Gasteiger partial charge is 0.271 e. The monoisotopic (exact) mass is 214 g/mol. The average molecular weight is 215 g/mol. The van der Waals surface area contributed by atoms with Gasteiger partial charge in [0.2, 0.25) is 5.91 Å². The maximum absolute atomic E-state index is 10.7. The summed E-state index contributed by atoms with van der Waals surface area (Å²) >= 11 is 5.70. The van der Waals surface area contributed by atoms with Crippen LogP contribution in [-0.2, 0) is 4.79 Å². The van der Waals surface area contributed by atoms with Crippen LogP contribution in [0.2, 0.25) is 5.02 Å². The summed E-state index contributed by atoms with van der Waals surface area (Å²) in [7, 11) is 0. The fourth-order valence-corrected chi connectivity index (χ4v) is 1.13. The summed E-state index contributed by atoms with van der Waals surface area (Å²) in [6.07, 6.45) is 0. The fraction of sp³-hybridized carbons (Fsp3) is 0.125. The lowest BCUT2D eigenvalue weighted by molar-refractivity contribution is -0.384. The molecule has 5 nitrogen and oxygen atoms in total. The number of carbonyl (C=O) groups is 1. The Balaban J connectivity index is 3.01. The van der Waals surface area contributed by atoms with Gasteiger partial charge in [-0.2, -0.15) is 0 Å². The Hall–Kier alpha value is -1.62. The molecule has 14 heavy (non-hydrogen) atoms. The van der Waals surface area contributed by atoms with Crippen LogP contribution < -0.4 is 5.32 Å². The van der Waals surface area contributed by atoms with Crippen LogP contribution in [0.15, 0.2) is 18.2 Å². The van der Waals surface area contributed by atoms with E-state index < -0.39 is 4.92 Å². The summed E-state index contributed by atoms with van der Waals surface area (Å²) in [5.41, 5.74) is 0.258. The second-order valence-electron chi connectivity index (χ2n) is 2.60. The topological polar surface area (TPSA) is 72.2 Å². The number of amides is 1. The minimum absolute atomic E-state index is 0.107. The Bertz CT molecular complexity index is 392. The van der Waals surface area contributed by atoms with Crippen LogP contribution >= 0.6 is 11.6 Å². The first-order chi connectivity index (χ1) is 6.50. The lowest BCUT2D eigenvalue weighted by Gasteiger charge is -2.03. The third-order valence-corrected chi connectivity index (χ3v) is 1.79. The molecular weight excluding hydrogens is 208 g/mol. The van der Waals surface area contributed by atoms with Crippen LogP contribution in [0.25, 0.3) is 0 Å². The van der Waals surface area contributed by atoms with Crippen molar-refractivity contribution in [2.45, 2.75) is 6.92 Å². The van der Waals surface area contributed by atoms with Gasteiger partial charge >= 0.3 is 0 Å². The zero-order valence-corrected chi connectivity index (χ0v) is 8.04. The minimum atomic E-state index is -0.552. The number of benzene rings is 1. The van der Waals surface area contributed by atoms with Crippen molar-refractivity contribution in [3.05, 3.63) is 33.3 Å². The van der Waals surface area contributed by atoms with E-state index >= 15 is 0 Å². The molecule has 74 valence electrons. The van der Waals surface area contributed by atoms with Crippen LogP contribution in [0.5, 0.6) is 0 Å². The summed E-state index contributed by atoms with van der Waals surface area (Å²) in [6, 6.07) is 3.85. The molecule has 0 unspecified atom stereocenters. The highest BCUT2D eigenvalue weighted by Gasteiger charge is 2.09. The highest BCUT2D eigenvalue weighted by atomic mass is 35.5. The zero-order valence-electron chi connectivity index (χ0n) is 7.28. The van der Waals surface area contributed by atoms with Crippen molar-refractivity contribution in [2.24, 2.45) is 0 Å². The molecule has 0 bridgehead atoms. The number of hydrogen-bond donors (Lipinski definition) is 1. The zero-order chi connectivity index (χ0) is 10.7. The average Bonchev–Trinajstić information content (AvgIpc) is 2.07. The van der Waals surface area contributed by atoms with E-state index in [1.807, 2.05) is 0 Å². The number of anilines is 1. The molecule has 0 heterocycles. The molecule has 6 heteroatoms. The van der Waals surface area contributed by atoms with Crippen molar-refractivity contribution in [2.75, 3.05) is 5.32 Å². The molecule has 0 saturated heterocycles. The highest BCUT2D eigenvalue weighted by molar-refractivity contribution is 6.33. The number of carbonyl (C=O) groups excluding carboxylic acids is 1. The van der Waals surface area contributed by atoms with Crippen molar-refractivity contribution < 1.29 is 9.72 Å². The Labute approximate surface area is 84.8 Å². The molecule has 1 N–H and O–H groups in total. The van der Waals surface area contributed by atoms with E-state index in [1.54, 1.807) is 0 Å². The second kappa shape index (κ2) is 4.06. The minimum Gasteiger partial charge on any atom is -0.325 e. The number of nitrogens with one attached hydrogen (secondary N) is 1. The third kappa shape index (κ3) is 2.43. The van der Waals surface area contributed by atoms with Crippen LogP contribution in [0.3, 0.4) is 0 Å². The van der Waals surface area contributed by atoms with Crippen LogP contribution in [-0.4, -0.2) is 10.8 Å². The van der Waals surface area contributed by atoms with E-state index in [0.717, 1.165) is 0 Å². The Morgan fingerprint density at radius 3 is 2.64 bits per heavy atom. The molecular formula is C8H7ClN2O3. The molecule has 0 aromatic heterocycles. The molecule has 1 rings (SSSR count). The SMILES string of the molecule is CC(=O)Nc1ccc([N+](=O)[O-])cc1Cl. The van der Waals surface area contributed by atoms with E-state index in [-0.39, 0.29) is 16.6 Å². The molecule has 1 amide bonds. The summed E-state index contributed by atoms with van der Waals surface area (Å²) in [4.78, 5) is 20.5. The number of halogens is 1. The van der Waals surface area contributed by atoms with Gasteiger partial charge < -0.3 is 5.32 Å². The van der Waals surface area contributed by atoms with Gasteiger partial charge in [-0.3, -0.25) is 14.9 Å². The van der Waals surface area contributed by atoms with Gasteiger partial charge in [0.05, 0.1) is 15.6 Å². The van der Waals surface area contributed by atoms with E-state index in [0.29, 0.717) is 5.69 Å². The van der Waals surface area contributed by atoms with Crippen molar-refractivity contribution in [3.8, 4) is 0 Å². The first-order valence-electron chi connectivity index (χ1n) is 3.72. The molecule has 0 saturated carbocycles. The number of rotatable bonds is 2. The molecule has 1 aromatic rings. The van der Waals surface area contributed by atoms with E-state index in [4.69, 9.17) is 11.6 Å². The van der Waals surface area contributed by atoms with Gasteiger partial charge in [0, 0.05) is 19.1 Å². The molecule has 0 aliphatic rings. The van der Waals surface area contributed by atoms with E-state index in [9.17, 15) is 14.9 Å². The van der Waals surface area contributed by atoms with Gasteiger partial charge in [0.25, 0.3) is 5.69 Å². The molecule has 0 aliphatic carbocycles. The van der Waals surface area contributed by atoms with Crippen molar-refractivity contribution >= 4 is 28.9 Å². The molecule has 0 radical (unpaired) electrons. The van der Waals surface area contributed by atoms with Crippen LogP contribution in [0.4, 0.5) is 11.4 Å². The van der Waals surface area contributed by atoms with Gasteiger partial charge in [0.15, 0.2) is 0 Å². The first kappa shape index (κ1) is 10.5. The van der Waals surface area contributed by atoms with E-state index in [1.165, 1.54) is 25.1 Å². The maximum atomic E-state index is 10.7. The van der Waals surface area contributed by atoms with E-state index in [2.05, 4.69) is 5.32 Å². The maximum Gasteiger partial charge on any atom is 0.271 e. The summed E-state index contributed by atoms with van der Waals surface area (Å²) in [6.45, 7) is 1.33. The highest BCUT2D eigenvalue weighted by Crippen LogP contribution is 2.26. The summed E-state index contributed by atoms with van der Waals surface area (Å²) < 4.78 is 0. The summed E-state index contributed by atoms with van der Waals surface area (Å²) in [5.74, 6) is -0.277. The number of nitro benzene ring substituents is 1. The quantitative estimate of drug-likeness (QED) is 0.606. The first-order valence-corrected chi connectivity index (χ1v) is 4.10. The molecule has 0 aliphatic heterocycles. The van der Waals surface area contributed by atoms with Crippen molar-refractivity contribution in [3.63, 3.8) is 0 Å². The van der Waals surface area contributed by atoms with Gasteiger partial charge in [-0.05, 0) is 6.07 Å². The van der Waals surface area contributed by atoms with Crippen LogP contribution in [0.1, 0.15) is 6.92 Å². The number of non-ortho nitro benzene ring substituents is 1. The standard InChI is InChI=1S/C8H7ClN2O3/c1-5(12)10-8-3-2-6(11(13)14)4-7(8)9/h2-4H,1H3,(H,10,12). The Morgan fingerprint density at radius 2 is 2.21 bits per heavy atom. The molecule has 0 spiro atoms. The molecule has 0 atom stereocenters. The van der Waals surface area contributed by atoms with Crippen LogP contribution in [0, 0.1) is 10.1 Å². The van der Waals surface area contributed by atoms with Gasteiger partial charge in [-0.25, -0.2) is 0 Å². The third-order valence-electron chi connectivity index (χ3n) is 1.47. The lowest BCUT2D eigenvalue weighted by atomic mass is 10.3. The van der Waals surface area contributed by atoms with Crippen molar-refractivity contribution in [1.82, 2.24) is 0 Å². The second-order valence-corrected chi connectivity index (χ2v) is 3.01.